The van der Waals surface area contributed by atoms with Crippen molar-refractivity contribution in [2.75, 3.05) is 5.43 Å². The van der Waals surface area contributed by atoms with E-state index in [1.807, 2.05) is 25.1 Å². The molecule has 0 unspecified atom stereocenters. The van der Waals surface area contributed by atoms with Crippen LogP contribution >= 0.6 is 27.5 Å². The zero-order valence-corrected chi connectivity index (χ0v) is 12.1. The molecule has 0 fully saturated rings. The Morgan fingerprint density at radius 3 is 2.72 bits per heavy atom. The molecule has 0 saturated carbocycles. The first-order chi connectivity index (χ1) is 8.63. The molecule has 2 aromatic rings. The fourth-order valence-electron chi connectivity index (χ4n) is 1.54. The Bertz CT molecular complexity index is 552. The number of benzene rings is 1. The minimum atomic E-state index is 0.596. The Labute approximate surface area is 119 Å². The molecule has 0 radical (unpaired) electrons. The van der Waals surface area contributed by atoms with E-state index in [4.69, 9.17) is 17.4 Å². The maximum Gasteiger partial charge on any atom is 0.162 e. The topological polar surface area (TPSA) is 63.8 Å². The molecule has 0 saturated heterocycles. The molecule has 0 aliphatic heterocycles. The van der Waals surface area contributed by atoms with Crippen molar-refractivity contribution in [3.63, 3.8) is 0 Å². The van der Waals surface area contributed by atoms with Gasteiger partial charge >= 0.3 is 0 Å². The molecular formula is C12H12BrClN4. The molecule has 0 atom stereocenters. The number of hydrogen-bond acceptors (Lipinski definition) is 4. The van der Waals surface area contributed by atoms with Gasteiger partial charge in [-0.05, 0) is 40.5 Å². The molecule has 0 spiro atoms. The summed E-state index contributed by atoms with van der Waals surface area (Å²) in [6.07, 6.45) is 0.815. The lowest BCUT2D eigenvalue weighted by atomic mass is 10.2. The molecule has 1 aromatic heterocycles. The lowest BCUT2D eigenvalue weighted by Crippen LogP contribution is -2.10. The van der Waals surface area contributed by atoms with Crippen molar-refractivity contribution in [1.82, 2.24) is 9.97 Å². The van der Waals surface area contributed by atoms with Crippen LogP contribution in [0.1, 0.15) is 12.6 Å². The highest BCUT2D eigenvalue weighted by Gasteiger charge is 2.09. The van der Waals surface area contributed by atoms with Gasteiger partial charge in [-0.15, -0.1) is 0 Å². The summed E-state index contributed by atoms with van der Waals surface area (Å²) in [6, 6.07) is 7.32. The summed E-state index contributed by atoms with van der Waals surface area (Å²) >= 11 is 9.38. The molecule has 1 aromatic carbocycles. The van der Waals surface area contributed by atoms with E-state index in [9.17, 15) is 0 Å². The van der Waals surface area contributed by atoms with E-state index in [-0.39, 0.29) is 0 Å². The number of aryl methyl sites for hydroxylation is 1. The maximum absolute atomic E-state index is 5.92. The Morgan fingerprint density at radius 1 is 1.33 bits per heavy atom. The molecule has 3 N–H and O–H groups in total. The van der Waals surface area contributed by atoms with Gasteiger partial charge in [-0.25, -0.2) is 15.8 Å². The molecule has 0 aliphatic rings. The van der Waals surface area contributed by atoms with E-state index in [0.717, 1.165) is 22.2 Å². The molecule has 1 heterocycles. The summed E-state index contributed by atoms with van der Waals surface area (Å²) in [5, 5.41) is 0.662. The molecule has 0 bridgehead atoms. The van der Waals surface area contributed by atoms with Crippen LogP contribution in [0.5, 0.6) is 0 Å². The molecule has 94 valence electrons. The van der Waals surface area contributed by atoms with Crippen LogP contribution in [0.4, 0.5) is 5.82 Å². The Morgan fingerprint density at radius 2 is 2.11 bits per heavy atom. The lowest BCUT2D eigenvalue weighted by Gasteiger charge is -2.08. The van der Waals surface area contributed by atoms with Crippen LogP contribution in [0.25, 0.3) is 11.4 Å². The smallest absolute Gasteiger partial charge is 0.162 e. The van der Waals surface area contributed by atoms with Gasteiger partial charge in [0.15, 0.2) is 5.82 Å². The van der Waals surface area contributed by atoms with E-state index in [2.05, 4.69) is 31.3 Å². The van der Waals surface area contributed by atoms with Gasteiger partial charge in [0.1, 0.15) is 5.82 Å². The second-order valence-corrected chi connectivity index (χ2v) is 4.98. The predicted molar refractivity (Wildman–Crippen MR) is 77.4 cm³/mol. The van der Waals surface area contributed by atoms with Crippen LogP contribution in [-0.4, -0.2) is 9.97 Å². The Balaban J connectivity index is 2.55. The van der Waals surface area contributed by atoms with Crippen molar-refractivity contribution in [1.29, 1.82) is 0 Å². The average Bonchev–Trinajstić information content (AvgIpc) is 2.38. The van der Waals surface area contributed by atoms with E-state index in [1.54, 1.807) is 6.07 Å². The molecule has 0 aliphatic carbocycles. The highest BCUT2D eigenvalue weighted by molar-refractivity contribution is 9.10. The number of nitrogens with two attached hydrogens (primary N) is 1. The van der Waals surface area contributed by atoms with Crippen LogP contribution in [0.3, 0.4) is 0 Å². The van der Waals surface area contributed by atoms with Crippen LogP contribution in [-0.2, 0) is 6.42 Å². The fourth-order valence-corrected chi connectivity index (χ4v) is 2.40. The Hall–Kier alpha value is -1.17. The van der Waals surface area contributed by atoms with E-state index >= 15 is 0 Å². The van der Waals surface area contributed by atoms with Gasteiger partial charge < -0.3 is 5.43 Å². The number of hydrogen-bond donors (Lipinski definition) is 2. The number of nitrogen functional groups attached to an aromatic ring is 1. The second-order valence-electron chi connectivity index (χ2n) is 3.69. The summed E-state index contributed by atoms with van der Waals surface area (Å²) in [6.45, 7) is 2.03. The first-order valence-corrected chi connectivity index (χ1v) is 6.61. The number of aromatic nitrogens is 2. The van der Waals surface area contributed by atoms with Crippen molar-refractivity contribution in [3.8, 4) is 11.4 Å². The number of rotatable bonds is 3. The minimum Gasteiger partial charge on any atom is -0.308 e. The first kappa shape index (κ1) is 13.3. The quantitative estimate of drug-likeness (QED) is 0.670. The summed E-state index contributed by atoms with van der Waals surface area (Å²) < 4.78 is 0.853. The van der Waals surface area contributed by atoms with Gasteiger partial charge in [0.05, 0.1) is 0 Å². The number of halogens is 2. The van der Waals surface area contributed by atoms with Crippen LogP contribution in [0.15, 0.2) is 28.7 Å². The third-order valence-corrected chi connectivity index (χ3v) is 3.35. The van der Waals surface area contributed by atoms with Crippen LogP contribution in [0.2, 0.25) is 5.02 Å². The molecular weight excluding hydrogens is 316 g/mol. The monoisotopic (exact) mass is 326 g/mol. The van der Waals surface area contributed by atoms with Gasteiger partial charge in [-0.3, -0.25) is 0 Å². The van der Waals surface area contributed by atoms with Crippen molar-refractivity contribution in [2.24, 2.45) is 5.84 Å². The number of hydrazine groups is 1. The van der Waals surface area contributed by atoms with Crippen LogP contribution in [0, 0.1) is 0 Å². The van der Waals surface area contributed by atoms with Gasteiger partial charge in [0.2, 0.25) is 0 Å². The maximum atomic E-state index is 5.92. The van der Waals surface area contributed by atoms with Gasteiger partial charge in [0.25, 0.3) is 0 Å². The highest BCUT2D eigenvalue weighted by atomic mass is 79.9. The summed E-state index contributed by atoms with van der Waals surface area (Å²) in [5.74, 6) is 6.62. The summed E-state index contributed by atoms with van der Waals surface area (Å²) in [4.78, 5) is 8.82. The molecule has 6 heteroatoms. The molecule has 0 amide bonds. The zero-order chi connectivity index (χ0) is 13.1. The van der Waals surface area contributed by atoms with E-state index in [1.165, 1.54) is 0 Å². The van der Waals surface area contributed by atoms with E-state index in [0.29, 0.717) is 16.7 Å². The van der Waals surface area contributed by atoms with Crippen molar-refractivity contribution >= 4 is 33.3 Å². The summed E-state index contributed by atoms with van der Waals surface area (Å²) in [5.41, 5.74) is 4.36. The van der Waals surface area contributed by atoms with Crippen LogP contribution < -0.4 is 11.3 Å². The Kier molecular flexibility index (Phi) is 4.16. The second kappa shape index (κ2) is 5.65. The fraction of sp³-hybridized carbons (Fsp3) is 0.167. The minimum absolute atomic E-state index is 0.596. The zero-order valence-electron chi connectivity index (χ0n) is 9.74. The van der Waals surface area contributed by atoms with Crippen molar-refractivity contribution < 1.29 is 0 Å². The highest BCUT2D eigenvalue weighted by Crippen LogP contribution is 2.29. The van der Waals surface area contributed by atoms with Gasteiger partial charge in [-0.1, -0.05) is 18.5 Å². The van der Waals surface area contributed by atoms with Crippen molar-refractivity contribution in [3.05, 3.63) is 39.5 Å². The normalized spacial score (nSPS) is 10.4. The van der Waals surface area contributed by atoms with E-state index < -0.39 is 0 Å². The number of nitrogens with zero attached hydrogens (tertiary/aromatic N) is 2. The summed E-state index contributed by atoms with van der Waals surface area (Å²) in [7, 11) is 0. The SMILES string of the molecule is CCc1cc(NN)nc(-c2ccc(Cl)cc2Br)n1. The third kappa shape index (κ3) is 2.80. The first-order valence-electron chi connectivity index (χ1n) is 5.44. The number of nitrogens with one attached hydrogen (secondary N) is 1. The molecule has 18 heavy (non-hydrogen) atoms. The lowest BCUT2D eigenvalue weighted by molar-refractivity contribution is 1.00. The standard InChI is InChI=1S/C12H12BrClN4/c1-2-8-6-11(18-15)17-12(16-8)9-4-3-7(14)5-10(9)13/h3-6H,2,15H2,1H3,(H,16,17,18). The molecule has 2 rings (SSSR count). The predicted octanol–water partition coefficient (Wildman–Crippen LogP) is 3.41. The number of anilines is 1. The molecule has 4 nitrogen and oxygen atoms in total. The van der Waals surface area contributed by atoms with Crippen molar-refractivity contribution in [2.45, 2.75) is 13.3 Å². The van der Waals surface area contributed by atoms with Gasteiger partial charge in [0, 0.05) is 26.8 Å². The average molecular weight is 328 g/mol. The third-order valence-electron chi connectivity index (χ3n) is 2.46. The largest absolute Gasteiger partial charge is 0.308 e. The van der Waals surface area contributed by atoms with Gasteiger partial charge in [-0.2, -0.15) is 0 Å².